The molecule has 1 aliphatic heterocycles. The van der Waals surface area contributed by atoms with E-state index in [0.29, 0.717) is 18.8 Å². The van der Waals surface area contributed by atoms with Crippen LogP contribution in [0.5, 0.6) is 0 Å². The number of amides is 1. The molecule has 14 heavy (non-hydrogen) atoms. The number of hydrogen-bond donors (Lipinski definition) is 0. The number of carbonyl (C=O) groups is 2. The molecular formula is C11H19NO2. The molecule has 0 N–H and O–H groups in total. The highest BCUT2D eigenvalue weighted by atomic mass is 16.2. The summed E-state index contributed by atoms with van der Waals surface area (Å²) in [5, 5.41) is 0. The Morgan fingerprint density at radius 2 is 2.07 bits per heavy atom. The van der Waals surface area contributed by atoms with Crippen molar-refractivity contribution in [1.82, 2.24) is 4.90 Å². The number of nitrogens with zero attached hydrogens (tertiary/aromatic N) is 1. The molecule has 0 bridgehead atoms. The number of hydrogen-bond acceptors (Lipinski definition) is 2. The van der Waals surface area contributed by atoms with Crippen molar-refractivity contribution in [2.75, 3.05) is 13.1 Å². The smallest absolute Gasteiger partial charge is 0.223 e. The van der Waals surface area contributed by atoms with Crippen LogP contribution in [0.25, 0.3) is 0 Å². The third-order valence-electron chi connectivity index (χ3n) is 2.91. The lowest BCUT2D eigenvalue weighted by Gasteiger charge is -2.15. The maximum atomic E-state index is 11.6. The van der Waals surface area contributed by atoms with Crippen LogP contribution in [0.15, 0.2) is 0 Å². The Labute approximate surface area is 85.5 Å². The Balaban J connectivity index is 2.28. The summed E-state index contributed by atoms with van der Waals surface area (Å²) in [6, 6.07) is 0. The van der Waals surface area contributed by atoms with Crippen LogP contribution < -0.4 is 0 Å². The average molecular weight is 197 g/mol. The molecule has 80 valence electrons. The predicted octanol–water partition coefficient (Wildman–Crippen LogP) is 1.61. The van der Waals surface area contributed by atoms with Crippen molar-refractivity contribution in [3.05, 3.63) is 0 Å². The van der Waals surface area contributed by atoms with E-state index in [1.54, 1.807) is 0 Å². The summed E-state index contributed by atoms with van der Waals surface area (Å²) in [5.74, 6) is 0.928. The number of Topliss-reactive ketones (excluding diaryl/α,β-unsaturated/α-hetero) is 1. The Hall–Kier alpha value is -0.860. The summed E-state index contributed by atoms with van der Waals surface area (Å²) < 4.78 is 0. The van der Waals surface area contributed by atoms with E-state index in [1.165, 1.54) is 6.92 Å². The van der Waals surface area contributed by atoms with Gasteiger partial charge in [-0.3, -0.25) is 4.79 Å². The van der Waals surface area contributed by atoms with Gasteiger partial charge in [0.05, 0.1) is 0 Å². The minimum absolute atomic E-state index is 0.101. The van der Waals surface area contributed by atoms with Crippen LogP contribution in [0.4, 0.5) is 0 Å². The lowest BCUT2D eigenvalue weighted by molar-refractivity contribution is -0.132. The average Bonchev–Trinajstić information content (AvgIpc) is 2.62. The van der Waals surface area contributed by atoms with Gasteiger partial charge in [0, 0.05) is 25.9 Å². The molecule has 3 heteroatoms. The number of ketones is 1. The van der Waals surface area contributed by atoms with Gasteiger partial charge < -0.3 is 9.69 Å². The van der Waals surface area contributed by atoms with Crippen molar-refractivity contribution in [2.24, 2.45) is 5.92 Å². The Morgan fingerprint density at radius 1 is 1.36 bits per heavy atom. The van der Waals surface area contributed by atoms with Crippen molar-refractivity contribution < 1.29 is 9.59 Å². The summed E-state index contributed by atoms with van der Waals surface area (Å²) in [7, 11) is 0. The topological polar surface area (TPSA) is 37.4 Å². The minimum Gasteiger partial charge on any atom is -0.342 e. The third kappa shape index (κ3) is 3.13. The van der Waals surface area contributed by atoms with Gasteiger partial charge in [-0.05, 0) is 19.3 Å². The molecule has 0 radical (unpaired) electrons. The first-order chi connectivity index (χ1) is 6.63. The van der Waals surface area contributed by atoms with E-state index in [1.807, 2.05) is 4.90 Å². The van der Waals surface area contributed by atoms with Gasteiger partial charge >= 0.3 is 0 Å². The third-order valence-corrected chi connectivity index (χ3v) is 2.91. The Kier molecular flexibility index (Phi) is 4.11. The molecule has 0 saturated carbocycles. The lowest BCUT2D eigenvalue weighted by atomic mass is 10.1. The first kappa shape index (κ1) is 11.2. The van der Waals surface area contributed by atoms with Crippen LogP contribution in [-0.2, 0) is 9.59 Å². The van der Waals surface area contributed by atoms with Gasteiger partial charge in [-0.25, -0.2) is 0 Å². The van der Waals surface area contributed by atoms with Crippen LogP contribution in [0.2, 0.25) is 0 Å². The summed E-state index contributed by atoms with van der Waals surface area (Å²) in [6.07, 6.45) is 3.07. The molecule has 1 heterocycles. The van der Waals surface area contributed by atoms with E-state index in [-0.39, 0.29) is 11.7 Å². The van der Waals surface area contributed by atoms with E-state index in [9.17, 15) is 9.59 Å². The molecule has 1 saturated heterocycles. The van der Waals surface area contributed by atoms with Gasteiger partial charge in [-0.2, -0.15) is 0 Å². The molecule has 3 nitrogen and oxygen atoms in total. The number of rotatable bonds is 4. The normalized spacial score (nSPS) is 21.3. The van der Waals surface area contributed by atoms with E-state index >= 15 is 0 Å². The minimum atomic E-state index is 0.101. The second-order valence-electron chi connectivity index (χ2n) is 4.10. The van der Waals surface area contributed by atoms with Crippen LogP contribution in [-0.4, -0.2) is 29.7 Å². The summed E-state index contributed by atoms with van der Waals surface area (Å²) in [4.78, 5) is 24.2. The van der Waals surface area contributed by atoms with Gasteiger partial charge in [0.2, 0.25) is 5.91 Å². The maximum Gasteiger partial charge on any atom is 0.223 e. The Morgan fingerprint density at radius 3 is 2.57 bits per heavy atom. The molecule has 0 aromatic rings. The fourth-order valence-electron chi connectivity index (χ4n) is 1.83. The molecule has 0 aliphatic carbocycles. The summed E-state index contributed by atoms with van der Waals surface area (Å²) in [6.45, 7) is 5.48. The molecule has 0 aromatic heterocycles. The van der Waals surface area contributed by atoms with Crippen molar-refractivity contribution in [3.8, 4) is 0 Å². The van der Waals surface area contributed by atoms with Gasteiger partial charge in [-0.15, -0.1) is 0 Å². The maximum absolute atomic E-state index is 11.6. The molecular weight excluding hydrogens is 178 g/mol. The first-order valence-corrected chi connectivity index (χ1v) is 5.40. The van der Waals surface area contributed by atoms with E-state index in [4.69, 9.17) is 0 Å². The van der Waals surface area contributed by atoms with Crippen LogP contribution in [0.3, 0.4) is 0 Å². The van der Waals surface area contributed by atoms with Crippen molar-refractivity contribution in [2.45, 2.75) is 39.5 Å². The second-order valence-corrected chi connectivity index (χ2v) is 4.10. The quantitative estimate of drug-likeness (QED) is 0.686. The van der Waals surface area contributed by atoms with Gasteiger partial charge in [0.1, 0.15) is 5.78 Å². The predicted molar refractivity (Wildman–Crippen MR) is 54.9 cm³/mol. The highest BCUT2D eigenvalue weighted by Crippen LogP contribution is 2.19. The van der Waals surface area contributed by atoms with Crippen LogP contribution >= 0.6 is 0 Å². The lowest BCUT2D eigenvalue weighted by Crippen LogP contribution is -2.28. The van der Waals surface area contributed by atoms with Crippen molar-refractivity contribution in [1.29, 1.82) is 0 Å². The zero-order chi connectivity index (χ0) is 10.6. The second kappa shape index (κ2) is 5.13. The monoisotopic (exact) mass is 197 g/mol. The zero-order valence-electron chi connectivity index (χ0n) is 9.08. The van der Waals surface area contributed by atoms with E-state index < -0.39 is 0 Å². The SMILES string of the molecule is CCC1CCN(C(=O)CCC(C)=O)C1. The molecule has 1 fully saturated rings. The molecule has 1 amide bonds. The Bertz CT molecular complexity index is 225. The van der Waals surface area contributed by atoms with E-state index in [2.05, 4.69) is 6.92 Å². The molecule has 1 atom stereocenters. The van der Waals surface area contributed by atoms with Crippen molar-refractivity contribution >= 4 is 11.7 Å². The highest BCUT2D eigenvalue weighted by molar-refractivity contribution is 5.83. The fourth-order valence-corrected chi connectivity index (χ4v) is 1.83. The van der Waals surface area contributed by atoms with Crippen LogP contribution in [0, 0.1) is 5.92 Å². The zero-order valence-corrected chi connectivity index (χ0v) is 9.08. The first-order valence-electron chi connectivity index (χ1n) is 5.40. The number of likely N-dealkylation sites (tertiary alicyclic amines) is 1. The largest absolute Gasteiger partial charge is 0.342 e. The summed E-state index contributed by atoms with van der Waals surface area (Å²) >= 11 is 0. The van der Waals surface area contributed by atoms with Gasteiger partial charge in [0.25, 0.3) is 0 Å². The van der Waals surface area contributed by atoms with Crippen LogP contribution in [0.1, 0.15) is 39.5 Å². The highest BCUT2D eigenvalue weighted by Gasteiger charge is 2.24. The van der Waals surface area contributed by atoms with Crippen molar-refractivity contribution in [3.63, 3.8) is 0 Å². The summed E-state index contributed by atoms with van der Waals surface area (Å²) in [5.41, 5.74) is 0. The molecule has 1 unspecified atom stereocenters. The fraction of sp³-hybridized carbons (Fsp3) is 0.818. The molecule has 1 rings (SSSR count). The molecule has 0 aromatic carbocycles. The standard InChI is InChI=1S/C11H19NO2/c1-3-10-6-7-12(8-10)11(14)5-4-9(2)13/h10H,3-8H2,1-2H3. The number of carbonyl (C=O) groups excluding carboxylic acids is 2. The van der Waals surface area contributed by atoms with Gasteiger partial charge in [-0.1, -0.05) is 13.3 Å². The van der Waals surface area contributed by atoms with Gasteiger partial charge in [0.15, 0.2) is 0 Å². The molecule has 0 spiro atoms. The molecule has 1 aliphatic rings. The van der Waals surface area contributed by atoms with E-state index in [0.717, 1.165) is 25.9 Å².